The van der Waals surface area contributed by atoms with Crippen molar-refractivity contribution in [2.45, 2.75) is 77.8 Å². The first-order valence-corrected chi connectivity index (χ1v) is 8.61. The third-order valence-electron chi connectivity index (χ3n) is 5.25. The molecule has 1 saturated heterocycles. The molecule has 1 heterocycles. The summed E-state index contributed by atoms with van der Waals surface area (Å²) < 4.78 is 0. The number of amides is 1. The van der Waals surface area contributed by atoms with E-state index in [1.807, 2.05) is 0 Å². The Hall–Kier alpha value is -0.570. The van der Waals surface area contributed by atoms with Gasteiger partial charge in [-0.2, -0.15) is 0 Å². The summed E-state index contributed by atoms with van der Waals surface area (Å²) >= 11 is 0. The zero-order valence-corrected chi connectivity index (χ0v) is 13.5. The van der Waals surface area contributed by atoms with Crippen molar-refractivity contribution in [1.82, 2.24) is 10.2 Å². The monoisotopic (exact) mass is 280 g/mol. The van der Waals surface area contributed by atoms with Gasteiger partial charge in [-0.3, -0.25) is 4.79 Å². The highest BCUT2D eigenvalue weighted by atomic mass is 16.2. The van der Waals surface area contributed by atoms with Crippen LogP contribution in [0.25, 0.3) is 0 Å². The molecule has 1 atom stereocenters. The zero-order valence-electron chi connectivity index (χ0n) is 13.5. The molecule has 0 aromatic carbocycles. The highest BCUT2D eigenvalue weighted by Crippen LogP contribution is 2.29. The highest BCUT2D eigenvalue weighted by Gasteiger charge is 2.30. The van der Waals surface area contributed by atoms with Crippen molar-refractivity contribution in [3.8, 4) is 0 Å². The maximum Gasteiger partial charge on any atom is 0.223 e. The van der Waals surface area contributed by atoms with E-state index in [2.05, 4.69) is 31.0 Å². The average Bonchev–Trinajstić information content (AvgIpc) is 2.93. The van der Waals surface area contributed by atoms with E-state index in [9.17, 15) is 4.79 Å². The van der Waals surface area contributed by atoms with Crippen LogP contribution in [0.2, 0.25) is 0 Å². The Labute approximate surface area is 124 Å². The molecule has 0 aromatic heterocycles. The maximum absolute atomic E-state index is 12.7. The molecule has 0 bridgehead atoms. The van der Waals surface area contributed by atoms with Gasteiger partial charge >= 0.3 is 0 Å². The van der Waals surface area contributed by atoms with E-state index >= 15 is 0 Å². The number of carbonyl (C=O) groups is 1. The van der Waals surface area contributed by atoms with Crippen LogP contribution >= 0.6 is 0 Å². The topological polar surface area (TPSA) is 32.3 Å². The van der Waals surface area contributed by atoms with Crippen LogP contribution in [-0.2, 0) is 4.79 Å². The van der Waals surface area contributed by atoms with Crippen LogP contribution in [0.5, 0.6) is 0 Å². The SMILES string of the molecule is CC(CC(=O)N(C(C)C)C1CCCC1)C1CCNCC1. The molecule has 0 aromatic rings. The summed E-state index contributed by atoms with van der Waals surface area (Å²) in [4.78, 5) is 14.9. The van der Waals surface area contributed by atoms with E-state index in [1.165, 1.54) is 38.5 Å². The lowest BCUT2D eigenvalue weighted by Gasteiger charge is -2.35. The fourth-order valence-corrected chi connectivity index (χ4v) is 4.06. The third-order valence-corrected chi connectivity index (χ3v) is 5.25. The lowest BCUT2D eigenvalue weighted by molar-refractivity contribution is -0.136. The van der Waals surface area contributed by atoms with Crippen molar-refractivity contribution in [3.63, 3.8) is 0 Å². The first-order chi connectivity index (χ1) is 9.59. The largest absolute Gasteiger partial charge is 0.337 e. The van der Waals surface area contributed by atoms with Crippen LogP contribution in [-0.4, -0.2) is 36.0 Å². The van der Waals surface area contributed by atoms with E-state index in [1.54, 1.807) is 0 Å². The van der Waals surface area contributed by atoms with E-state index in [0.717, 1.165) is 25.4 Å². The van der Waals surface area contributed by atoms with Gasteiger partial charge in [0, 0.05) is 18.5 Å². The van der Waals surface area contributed by atoms with Gasteiger partial charge in [-0.1, -0.05) is 19.8 Å². The van der Waals surface area contributed by atoms with Crippen molar-refractivity contribution in [2.24, 2.45) is 11.8 Å². The fourth-order valence-electron chi connectivity index (χ4n) is 4.06. The number of carbonyl (C=O) groups excluding carboxylic acids is 1. The minimum absolute atomic E-state index is 0.353. The number of nitrogens with zero attached hydrogens (tertiary/aromatic N) is 1. The minimum Gasteiger partial charge on any atom is -0.337 e. The summed E-state index contributed by atoms with van der Waals surface area (Å²) in [7, 11) is 0. The van der Waals surface area contributed by atoms with Crippen molar-refractivity contribution in [2.75, 3.05) is 13.1 Å². The van der Waals surface area contributed by atoms with Crippen molar-refractivity contribution in [1.29, 1.82) is 0 Å². The van der Waals surface area contributed by atoms with Gasteiger partial charge in [-0.25, -0.2) is 0 Å². The third kappa shape index (κ3) is 3.97. The highest BCUT2D eigenvalue weighted by molar-refractivity contribution is 5.77. The first-order valence-electron chi connectivity index (χ1n) is 8.61. The van der Waals surface area contributed by atoms with Crippen molar-refractivity contribution < 1.29 is 4.79 Å². The Kier molecular flexibility index (Phi) is 5.88. The Bertz CT molecular complexity index is 304. The molecule has 1 N–H and O–H groups in total. The van der Waals surface area contributed by atoms with Crippen LogP contribution in [0.1, 0.15) is 65.7 Å². The summed E-state index contributed by atoms with van der Waals surface area (Å²) in [5.74, 6) is 1.67. The molecule has 1 saturated carbocycles. The Morgan fingerprint density at radius 3 is 2.25 bits per heavy atom. The number of nitrogens with one attached hydrogen (secondary N) is 1. The van der Waals surface area contributed by atoms with Gasteiger partial charge in [-0.05, 0) is 64.5 Å². The Morgan fingerprint density at radius 2 is 1.70 bits per heavy atom. The smallest absolute Gasteiger partial charge is 0.223 e. The van der Waals surface area contributed by atoms with Crippen LogP contribution in [0.4, 0.5) is 0 Å². The Balaban J connectivity index is 1.90. The second-order valence-corrected chi connectivity index (χ2v) is 7.10. The summed E-state index contributed by atoms with van der Waals surface area (Å²) in [6.45, 7) is 8.87. The van der Waals surface area contributed by atoms with Crippen molar-refractivity contribution in [3.05, 3.63) is 0 Å². The molecule has 3 nitrogen and oxygen atoms in total. The van der Waals surface area contributed by atoms with Gasteiger partial charge in [0.2, 0.25) is 5.91 Å². The second-order valence-electron chi connectivity index (χ2n) is 7.10. The van der Waals surface area contributed by atoms with Gasteiger partial charge in [0.25, 0.3) is 0 Å². The van der Waals surface area contributed by atoms with E-state index < -0.39 is 0 Å². The molecule has 3 heteroatoms. The molecule has 2 fully saturated rings. The zero-order chi connectivity index (χ0) is 14.5. The number of hydrogen-bond acceptors (Lipinski definition) is 2. The molecule has 1 unspecified atom stereocenters. The summed E-state index contributed by atoms with van der Waals surface area (Å²) in [5, 5.41) is 3.41. The van der Waals surface area contributed by atoms with Crippen LogP contribution in [0.15, 0.2) is 0 Å². The van der Waals surface area contributed by atoms with Gasteiger partial charge in [0.15, 0.2) is 0 Å². The van der Waals surface area contributed by atoms with Crippen LogP contribution in [0.3, 0.4) is 0 Å². The molecular weight excluding hydrogens is 248 g/mol. The molecule has 1 amide bonds. The van der Waals surface area contributed by atoms with Crippen LogP contribution < -0.4 is 5.32 Å². The molecule has 0 radical (unpaired) electrons. The summed E-state index contributed by atoms with van der Waals surface area (Å²) in [6, 6.07) is 0.869. The fraction of sp³-hybridized carbons (Fsp3) is 0.941. The Morgan fingerprint density at radius 1 is 1.10 bits per heavy atom. The lowest BCUT2D eigenvalue weighted by atomic mass is 9.83. The number of hydrogen-bond donors (Lipinski definition) is 1. The van der Waals surface area contributed by atoms with Crippen LogP contribution in [0, 0.1) is 11.8 Å². The summed E-state index contributed by atoms with van der Waals surface area (Å²) in [6.07, 6.45) is 8.24. The molecule has 1 aliphatic heterocycles. The standard InChI is InChI=1S/C17H32N2O/c1-13(2)19(16-6-4-5-7-16)17(20)12-14(3)15-8-10-18-11-9-15/h13-16,18H,4-12H2,1-3H3. The molecule has 2 rings (SSSR count). The van der Waals surface area contributed by atoms with Gasteiger partial charge in [-0.15, -0.1) is 0 Å². The molecule has 20 heavy (non-hydrogen) atoms. The quantitative estimate of drug-likeness (QED) is 0.839. The lowest BCUT2D eigenvalue weighted by Crippen LogP contribution is -2.44. The molecule has 2 aliphatic rings. The first kappa shape index (κ1) is 15.8. The predicted molar refractivity (Wildman–Crippen MR) is 83.6 cm³/mol. The van der Waals surface area contributed by atoms with E-state index in [-0.39, 0.29) is 0 Å². The predicted octanol–water partition coefficient (Wildman–Crippen LogP) is 3.19. The summed E-state index contributed by atoms with van der Waals surface area (Å²) in [5.41, 5.74) is 0. The molecular formula is C17H32N2O. The molecule has 0 spiro atoms. The number of rotatable bonds is 5. The van der Waals surface area contributed by atoms with Crippen molar-refractivity contribution >= 4 is 5.91 Å². The second kappa shape index (κ2) is 7.44. The average molecular weight is 280 g/mol. The van der Waals surface area contributed by atoms with Gasteiger partial charge < -0.3 is 10.2 Å². The normalized spacial score (nSPS) is 23.2. The van der Waals surface area contributed by atoms with Gasteiger partial charge in [0.1, 0.15) is 0 Å². The number of piperidine rings is 1. The molecule has 116 valence electrons. The minimum atomic E-state index is 0.353. The van der Waals surface area contributed by atoms with E-state index in [0.29, 0.717) is 23.9 Å². The van der Waals surface area contributed by atoms with Gasteiger partial charge in [0.05, 0.1) is 0 Å². The maximum atomic E-state index is 12.7. The van der Waals surface area contributed by atoms with E-state index in [4.69, 9.17) is 0 Å². The molecule has 1 aliphatic carbocycles.